The fourth-order valence-corrected chi connectivity index (χ4v) is 2.31. The normalized spacial score (nSPS) is 10.3. The minimum Gasteiger partial charge on any atom is -0.618 e. The minimum atomic E-state index is 0.0168. The van der Waals surface area contributed by atoms with E-state index in [1.165, 1.54) is 12.3 Å². The Bertz CT molecular complexity index is 928. The van der Waals surface area contributed by atoms with Gasteiger partial charge in [0.05, 0.1) is 5.39 Å². The highest BCUT2D eigenvalue weighted by molar-refractivity contribution is 5.83. The van der Waals surface area contributed by atoms with Crippen molar-refractivity contribution in [1.29, 1.82) is 0 Å². The van der Waals surface area contributed by atoms with Gasteiger partial charge in [-0.2, -0.15) is 4.73 Å². The Labute approximate surface area is 132 Å². The van der Waals surface area contributed by atoms with Crippen molar-refractivity contribution in [2.75, 3.05) is 0 Å². The molecule has 0 radical (unpaired) electrons. The van der Waals surface area contributed by atoms with E-state index in [0.29, 0.717) is 15.8 Å². The molecule has 5 nitrogen and oxygen atoms in total. The second-order valence-electron chi connectivity index (χ2n) is 4.90. The summed E-state index contributed by atoms with van der Waals surface area (Å²) in [6, 6.07) is 17.5. The molecule has 114 valence electrons. The summed E-state index contributed by atoms with van der Waals surface area (Å²) in [6.07, 6.45) is 3.03. The number of hydrogen-bond acceptors (Lipinski definition) is 4. The lowest BCUT2D eigenvalue weighted by molar-refractivity contribution is -0.577. The van der Waals surface area contributed by atoms with Crippen LogP contribution in [-0.2, 0) is 0 Å². The van der Waals surface area contributed by atoms with Crippen molar-refractivity contribution in [2.24, 2.45) is 0 Å². The lowest BCUT2D eigenvalue weighted by atomic mass is 10.2. The van der Waals surface area contributed by atoms with Gasteiger partial charge in [0, 0.05) is 17.6 Å². The SMILES string of the molecule is Oc1cccc2cccnc12.[O-][n+]1cccc2cccc(O)c21. The summed E-state index contributed by atoms with van der Waals surface area (Å²) in [5.41, 5.74) is 0.981. The molecule has 0 aliphatic heterocycles. The number of hydrogen-bond donors (Lipinski definition) is 2. The second-order valence-corrected chi connectivity index (χ2v) is 4.90. The summed E-state index contributed by atoms with van der Waals surface area (Å²) >= 11 is 0. The van der Waals surface area contributed by atoms with Crippen LogP contribution in [0.2, 0.25) is 0 Å². The van der Waals surface area contributed by atoms with Crippen molar-refractivity contribution in [3.05, 3.63) is 78.3 Å². The van der Waals surface area contributed by atoms with Crippen molar-refractivity contribution in [3.63, 3.8) is 0 Å². The van der Waals surface area contributed by atoms with Crippen molar-refractivity contribution in [1.82, 2.24) is 4.98 Å². The zero-order chi connectivity index (χ0) is 16.2. The molecule has 0 fully saturated rings. The topological polar surface area (TPSA) is 80.3 Å². The molecule has 0 amide bonds. The van der Waals surface area contributed by atoms with Crippen LogP contribution >= 0.6 is 0 Å². The van der Waals surface area contributed by atoms with Crippen LogP contribution in [0.5, 0.6) is 11.5 Å². The highest BCUT2D eigenvalue weighted by Gasteiger charge is 2.06. The van der Waals surface area contributed by atoms with Crippen LogP contribution in [0.4, 0.5) is 0 Å². The second kappa shape index (κ2) is 6.19. The van der Waals surface area contributed by atoms with E-state index in [4.69, 9.17) is 0 Å². The maximum Gasteiger partial charge on any atom is 0.265 e. The van der Waals surface area contributed by atoms with E-state index < -0.39 is 0 Å². The first-order chi connectivity index (χ1) is 11.2. The van der Waals surface area contributed by atoms with Gasteiger partial charge in [-0.15, -0.1) is 0 Å². The number of fused-ring (bicyclic) bond motifs is 2. The number of aromatic hydroxyl groups is 2. The third-order valence-corrected chi connectivity index (χ3v) is 3.37. The summed E-state index contributed by atoms with van der Waals surface area (Å²) in [7, 11) is 0. The lowest BCUT2D eigenvalue weighted by Crippen LogP contribution is -2.25. The third kappa shape index (κ3) is 2.98. The van der Waals surface area contributed by atoms with Crippen molar-refractivity contribution in [2.45, 2.75) is 0 Å². The number of phenols is 2. The standard InChI is InChI=1S/C9H7NO2.C9H7NO/c11-8-5-1-3-7-4-2-6-10(12)9(7)8;11-8-5-1-3-7-4-2-6-10-9(7)8/h1-6,11H;1-6,11H. The molecule has 0 bridgehead atoms. The van der Waals surface area contributed by atoms with Gasteiger partial charge in [0.1, 0.15) is 11.3 Å². The first-order valence-electron chi connectivity index (χ1n) is 6.99. The first-order valence-corrected chi connectivity index (χ1v) is 6.99. The van der Waals surface area contributed by atoms with E-state index in [-0.39, 0.29) is 11.5 Å². The Hall–Kier alpha value is -3.34. The lowest BCUT2D eigenvalue weighted by Gasteiger charge is -2.01. The van der Waals surface area contributed by atoms with Gasteiger partial charge in [0.2, 0.25) is 0 Å². The molecule has 0 aliphatic carbocycles. The van der Waals surface area contributed by atoms with Gasteiger partial charge in [-0.25, -0.2) is 0 Å². The molecule has 4 aromatic rings. The first kappa shape index (κ1) is 14.6. The molecule has 23 heavy (non-hydrogen) atoms. The van der Waals surface area contributed by atoms with Gasteiger partial charge in [0.15, 0.2) is 11.9 Å². The molecule has 0 saturated carbocycles. The van der Waals surface area contributed by atoms with Gasteiger partial charge in [-0.3, -0.25) is 4.98 Å². The predicted molar refractivity (Wildman–Crippen MR) is 88.0 cm³/mol. The average molecular weight is 306 g/mol. The summed E-state index contributed by atoms with van der Waals surface area (Å²) < 4.78 is 0.657. The van der Waals surface area contributed by atoms with Crippen LogP contribution in [0, 0.1) is 5.21 Å². The molecule has 0 spiro atoms. The summed E-state index contributed by atoms with van der Waals surface area (Å²) in [4.78, 5) is 4.03. The molecule has 2 aromatic heterocycles. The largest absolute Gasteiger partial charge is 0.618 e. The number of benzene rings is 2. The molecule has 0 saturated heterocycles. The summed E-state index contributed by atoms with van der Waals surface area (Å²) in [5, 5.41) is 31.5. The van der Waals surface area contributed by atoms with Crippen LogP contribution in [0.3, 0.4) is 0 Å². The maximum atomic E-state index is 11.2. The Balaban J connectivity index is 0.000000136. The fourth-order valence-electron chi connectivity index (χ4n) is 2.31. The van der Waals surface area contributed by atoms with Gasteiger partial charge in [-0.05, 0) is 30.3 Å². The highest BCUT2D eigenvalue weighted by Crippen LogP contribution is 2.20. The Morgan fingerprint density at radius 2 is 1.43 bits per heavy atom. The summed E-state index contributed by atoms with van der Waals surface area (Å²) in [5.74, 6) is 0.256. The Morgan fingerprint density at radius 3 is 2.17 bits per heavy atom. The van der Waals surface area contributed by atoms with Gasteiger partial charge >= 0.3 is 0 Å². The molecular formula is C18H14N2O3. The number of rotatable bonds is 0. The van der Waals surface area contributed by atoms with E-state index in [1.807, 2.05) is 18.2 Å². The van der Waals surface area contributed by atoms with Crippen molar-refractivity contribution >= 4 is 21.8 Å². The van der Waals surface area contributed by atoms with Crippen molar-refractivity contribution < 1.29 is 14.9 Å². The molecule has 0 unspecified atom stereocenters. The van der Waals surface area contributed by atoms with Crippen molar-refractivity contribution in [3.8, 4) is 11.5 Å². The zero-order valence-corrected chi connectivity index (χ0v) is 12.1. The van der Waals surface area contributed by atoms with E-state index in [9.17, 15) is 15.4 Å². The Morgan fingerprint density at radius 1 is 0.783 bits per heavy atom. The van der Waals surface area contributed by atoms with Crippen LogP contribution < -0.4 is 4.73 Å². The van der Waals surface area contributed by atoms with Gasteiger partial charge in [0.25, 0.3) is 5.52 Å². The van der Waals surface area contributed by atoms with E-state index >= 15 is 0 Å². The molecule has 0 atom stereocenters. The van der Waals surface area contributed by atoms with Crippen LogP contribution in [0.15, 0.2) is 73.1 Å². The monoisotopic (exact) mass is 306 g/mol. The van der Waals surface area contributed by atoms with E-state index in [1.54, 1.807) is 42.6 Å². The van der Waals surface area contributed by atoms with Crippen LogP contribution in [0.1, 0.15) is 0 Å². The molecule has 2 heterocycles. The average Bonchev–Trinajstić information content (AvgIpc) is 2.56. The number of aromatic nitrogens is 2. The number of nitrogens with zero attached hydrogens (tertiary/aromatic N) is 2. The molecule has 5 heteroatoms. The van der Waals surface area contributed by atoms with Gasteiger partial charge in [-0.1, -0.05) is 24.3 Å². The van der Waals surface area contributed by atoms with E-state index in [2.05, 4.69) is 4.98 Å². The maximum absolute atomic E-state index is 11.2. The minimum absolute atomic E-state index is 0.0168. The quantitative estimate of drug-likeness (QED) is 0.386. The fraction of sp³-hybridized carbons (Fsp3) is 0. The molecule has 2 aromatic carbocycles. The zero-order valence-electron chi connectivity index (χ0n) is 12.1. The van der Waals surface area contributed by atoms with E-state index in [0.717, 1.165) is 10.8 Å². The molecule has 0 aliphatic rings. The van der Waals surface area contributed by atoms with Crippen LogP contribution in [-0.4, -0.2) is 15.2 Å². The highest BCUT2D eigenvalue weighted by atomic mass is 16.5. The van der Waals surface area contributed by atoms with Gasteiger partial charge < -0.3 is 15.4 Å². The summed E-state index contributed by atoms with van der Waals surface area (Å²) in [6.45, 7) is 0. The molecular weight excluding hydrogens is 292 g/mol. The smallest absolute Gasteiger partial charge is 0.265 e. The predicted octanol–water partition coefficient (Wildman–Crippen LogP) is 3.12. The van der Waals surface area contributed by atoms with Crippen LogP contribution in [0.25, 0.3) is 21.8 Å². The third-order valence-electron chi connectivity index (χ3n) is 3.37. The molecule has 4 rings (SSSR count). The number of para-hydroxylation sites is 2. The molecule has 2 N–H and O–H groups in total. The Kier molecular flexibility index (Phi) is 3.93. The number of pyridine rings is 2. The number of phenolic OH excluding ortho intramolecular Hbond substituents is 2.